The molecule has 122 valence electrons. The highest BCUT2D eigenvalue weighted by molar-refractivity contribution is 6.33. The fourth-order valence-corrected chi connectivity index (χ4v) is 3.50. The minimum atomic E-state index is 0.490. The lowest BCUT2D eigenvalue weighted by molar-refractivity contribution is 0.461. The molecule has 0 aliphatic heterocycles. The second-order valence-corrected chi connectivity index (χ2v) is 6.72. The molecule has 2 aromatic rings. The SMILES string of the molecule is Cc1cc(C)c(Nc2ccnc(NC3CCCCC3)n2)c(Cl)c1. The maximum absolute atomic E-state index is 6.36. The first-order valence-electron chi connectivity index (χ1n) is 8.25. The van der Waals surface area contributed by atoms with Crippen molar-refractivity contribution in [3.05, 3.63) is 40.5 Å². The largest absolute Gasteiger partial charge is 0.351 e. The average molecular weight is 331 g/mol. The number of rotatable bonds is 4. The van der Waals surface area contributed by atoms with Gasteiger partial charge in [0, 0.05) is 12.2 Å². The van der Waals surface area contributed by atoms with Gasteiger partial charge in [-0.15, -0.1) is 0 Å². The van der Waals surface area contributed by atoms with Gasteiger partial charge in [-0.25, -0.2) is 4.98 Å². The molecular weight excluding hydrogens is 308 g/mol. The molecule has 1 aromatic heterocycles. The Bertz CT molecular complexity index is 657. The number of benzene rings is 1. The van der Waals surface area contributed by atoms with E-state index in [9.17, 15) is 0 Å². The summed E-state index contributed by atoms with van der Waals surface area (Å²) in [5.74, 6) is 1.44. The average Bonchev–Trinajstić information content (AvgIpc) is 2.52. The molecule has 0 unspecified atom stereocenters. The van der Waals surface area contributed by atoms with Crippen molar-refractivity contribution in [1.29, 1.82) is 0 Å². The van der Waals surface area contributed by atoms with Crippen molar-refractivity contribution in [2.45, 2.75) is 52.0 Å². The zero-order valence-electron chi connectivity index (χ0n) is 13.7. The van der Waals surface area contributed by atoms with E-state index in [0.717, 1.165) is 22.6 Å². The first-order chi connectivity index (χ1) is 11.1. The number of hydrogen-bond donors (Lipinski definition) is 2. The molecule has 0 radical (unpaired) electrons. The maximum atomic E-state index is 6.36. The molecule has 1 aromatic carbocycles. The highest BCUT2D eigenvalue weighted by Crippen LogP contribution is 2.30. The Morgan fingerprint density at radius 2 is 1.91 bits per heavy atom. The van der Waals surface area contributed by atoms with E-state index in [1.807, 2.05) is 26.0 Å². The lowest BCUT2D eigenvalue weighted by atomic mass is 9.96. The molecule has 0 amide bonds. The molecule has 1 heterocycles. The number of halogens is 1. The highest BCUT2D eigenvalue weighted by atomic mass is 35.5. The molecule has 0 bridgehead atoms. The van der Waals surface area contributed by atoms with Gasteiger partial charge in [-0.1, -0.05) is 36.9 Å². The summed E-state index contributed by atoms with van der Waals surface area (Å²) in [5.41, 5.74) is 3.16. The smallest absolute Gasteiger partial charge is 0.224 e. The number of aryl methyl sites for hydroxylation is 2. The van der Waals surface area contributed by atoms with Gasteiger partial charge in [0.25, 0.3) is 0 Å². The minimum absolute atomic E-state index is 0.490. The molecule has 23 heavy (non-hydrogen) atoms. The van der Waals surface area contributed by atoms with Crippen LogP contribution in [0.25, 0.3) is 0 Å². The van der Waals surface area contributed by atoms with E-state index in [1.54, 1.807) is 6.20 Å². The summed E-state index contributed by atoms with van der Waals surface area (Å²) in [5, 5.41) is 7.48. The summed E-state index contributed by atoms with van der Waals surface area (Å²) in [4.78, 5) is 8.91. The van der Waals surface area contributed by atoms with E-state index in [2.05, 4.69) is 26.7 Å². The van der Waals surface area contributed by atoms with Gasteiger partial charge in [0.2, 0.25) is 5.95 Å². The van der Waals surface area contributed by atoms with Crippen LogP contribution in [0.1, 0.15) is 43.2 Å². The molecule has 5 heteroatoms. The predicted octanol–water partition coefficient (Wildman–Crippen LogP) is 5.24. The van der Waals surface area contributed by atoms with Crippen molar-refractivity contribution < 1.29 is 0 Å². The van der Waals surface area contributed by atoms with Crippen LogP contribution < -0.4 is 10.6 Å². The monoisotopic (exact) mass is 330 g/mol. The van der Waals surface area contributed by atoms with Gasteiger partial charge in [-0.3, -0.25) is 0 Å². The second kappa shape index (κ2) is 7.18. The van der Waals surface area contributed by atoms with E-state index >= 15 is 0 Å². The molecule has 3 rings (SSSR count). The third kappa shape index (κ3) is 4.14. The number of anilines is 3. The molecule has 1 aliphatic carbocycles. The van der Waals surface area contributed by atoms with Gasteiger partial charge in [0.1, 0.15) is 5.82 Å². The molecule has 0 atom stereocenters. The molecule has 4 nitrogen and oxygen atoms in total. The third-order valence-corrected chi connectivity index (χ3v) is 4.58. The Morgan fingerprint density at radius 3 is 2.65 bits per heavy atom. The van der Waals surface area contributed by atoms with Crippen molar-refractivity contribution in [1.82, 2.24) is 9.97 Å². The van der Waals surface area contributed by atoms with Crippen LogP contribution in [0.5, 0.6) is 0 Å². The van der Waals surface area contributed by atoms with Gasteiger partial charge in [-0.2, -0.15) is 4.98 Å². The lowest BCUT2D eigenvalue weighted by Gasteiger charge is -2.22. The number of hydrogen-bond acceptors (Lipinski definition) is 4. The van der Waals surface area contributed by atoms with Crippen LogP contribution in [-0.4, -0.2) is 16.0 Å². The van der Waals surface area contributed by atoms with E-state index in [1.165, 1.54) is 32.1 Å². The summed E-state index contributed by atoms with van der Waals surface area (Å²) >= 11 is 6.36. The van der Waals surface area contributed by atoms with E-state index in [-0.39, 0.29) is 0 Å². The molecular formula is C18H23ClN4. The van der Waals surface area contributed by atoms with Gasteiger partial charge in [0.15, 0.2) is 0 Å². The fourth-order valence-electron chi connectivity index (χ4n) is 3.13. The number of nitrogens with one attached hydrogen (secondary N) is 2. The van der Waals surface area contributed by atoms with Crippen molar-refractivity contribution in [2.24, 2.45) is 0 Å². The van der Waals surface area contributed by atoms with Crippen molar-refractivity contribution in [3.63, 3.8) is 0 Å². The zero-order chi connectivity index (χ0) is 16.2. The Labute approximate surface area is 142 Å². The third-order valence-electron chi connectivity index (χ3n) is 4.28. The standard InChI is InChI=1S/C18H23ClN4/c1-12-10-13(2)17(15(19)11-12)22-16-8-9-20-18(23-16)21-14-6-4-3-5-7-14/h8-11,14H,3-7H2,1-2H3,(H2,20,21,22,23). The molecule has 1 fully saturated rings. The highest BCUT2D eigenvalue weighted by Gasteiger charge is 2.14. The summed E-state index contributed by atoms with van der Waals surface area (Å²) in [6.45, 7) is 4.09. The molecule has 2 N–H and O–H groups in total. The molecule has 0 saturated heterocycles. The Kier molecular flexibility index (Phi) is 5.01. The van der Waals surface area contributed by atoms with Gasteiger partial charge in [0.05, 0.1) is 10.7 Å². The number of aromatic nitrogens is 2. The van der Waals surface area contributed by atoms with Gasteiger partial charge >= 0.3 is 0 Å². The molecule has 1 aliphatic rings. The summed E-state index contributed by atoms with van der Waals surface area (Å²) in [6, 6.07) is 6.42. The summed E-state index contributed by atoms with van der Waals surface area (Å²) < 4.78 is 0. The Balaban J connectivity index is 1.75. The van der Waals surface area contributed by atoms with Crippen LogP contribution in [0.15, 0.2) is 24.4 Å². The number of nitrogens with zero attached hydrogens (tertiary/aromatic N) is 2. The first kappa shape index (κ1) is 16.1. The lowest BCUT2D eigenvalue weighted by Crippen LogP contribution is -2.23. The predicted molar refractivity (Wildman–Crippen MR) is 96.7 cm³/mol. The minimum Gasteiger partial charge on any atom is -0.351 e. The van der Waals surface area contributed by atoms with Crippen molar-refractivity contribution in [2.75, 3.05) is 10.6 Å². The summed E-state index contributed by atoms with van der Waals surface area (Å²) in [6.07, 6.45) is 8.08. The first-order valence-corrected chi connectivity index (χ1v) is 8.63. The van der Waals surface area contributed by atoms with Crippen LogP contribution in [-0.2, 0) is 0 Å². The van der Waals surface area contributed by atoms with Crippen LogP contribution in [0.4, 0.5) is 17.5 Å². The molecule has 1 saturated carbocycles. The quantitative estimate of drug-likeness (QED) is 0.805. The molecule has 0 spiro atoms. The van der Waals surface area contributed by atoms with Crippen LogP contribution in [0, 0.1) is 13.8 Å². The van der Waals surface area contributed by atoms with Crippen LogP contribution in [0.2, 0.25) is 5.02 Å². The van der Waals surface area contributed by atoms with Crippen molar-refractivity contribution >= 4 is 29.1 Å². The Morgan fingerprint density at radius 1 is 1.13 bits per heavy atom. The fraction of sp³-hybridized carbons (Fsp3) is 0.444. The van der Waals surface area contributed by atoms with Gasteiger partial charge < -0.3 is 10.6 Å². The van der Waals surface area contributed by atoms with E-state index < -0.39 is 0 Å². The van der Waals surface area contributed by atoms with E-state index in [4.69, 9.17) is 11.6 Å². The van der Waals surface area contributed by atoms with E-state index in [0.29, 0.717) is 17.0 Å². The van der Waals surface area contributed by atoms with Gasteiger partial charge in [-0.05, 0) is 49.9 Å². The Hall–Kier alpha value is -1.81. The zero-order valence-corrected chi connectivity index (χ0v) is 14.5. The maximum Gasteiger partial charge on any atom is 0.224 e. The summed E-state index contributed by atoms with van der Waals surface area (Å²) in [7, 11) is 0. The topological polar surface area (TPSA) is 49.8 Å². The van der Waals surface area contributed by atoms with Crippen molar-refractivity contribution in [3.8, 4) is 0 Å². The second-order valence-electron chi connectivity index (χ2n) is 6.31. The van der Waals surface area contributed by atoms with Crippen LogP contribution in [0.3, 0.4) is 0 Å². The normalized spacial score (nSPS) is 15.4. The van der Waals surface area contributed by atoms with Crippen LogP contribution >= 0.6 is 11.6 Å².